The Kier molecular flexibility index (Phi) is 3.51. The van der Waals surface area contributed by atoms with Gasteiger partial charge in [-0.2, -0.15) is 15.4 Å². The normalized spacial score (nSPS) is 10.5. The van der Waals surface area contributed by atoms with Gasteiger partial charge in [-0.05, 0) is 57.3 Å². The number of phenolic OH excluding ortho intramolecular Hbond substituents is 1. The molecule has 0 aliphatic carbocycles. The Morgan fingerprint density at radius 3 is 2.41 bits per heavy atom. The molecule has 0 fully saturated rings. The summed E-state index contributed by atoms with van der Waals surface area (Å²) in [6.07, 6.45) is 0. The second kappa shape index (κ2) is 4.76. The fourth-order valence-corrected chi connectivity index (χ4v) is 3.07. The average molecular weight is 456 g/mol. The lowest BCUT2D eigenvalue weighted by atomic mass is 10.1. The number of aromatic nitrogens is 3. The van der Waals surface area contributed by atoms with Crippen molar-refractivity contribution in [2.75, 3.05) is 0 Å². The molecule has 0 bridgehead atoms. The highest BCUT2D eigenvalue weighted by Crippen LogP contribution is 2.31. The van der Waals surface area contributed by atoms with Gasteiger partial charge in [-0.3, -0.25) is 4.79 Å². The van der Waals surface area contributed by atoms with Gasteiger partial charge in [0.15, 0.2) is 5.69 Å². The summed E-state index contributed by atoms with van der Waals surface area (Å²) in [6, 6.07) is 3.42. The van der Waals surface area contributed by atoms with Crippen LogP contribution in [-0.4, -0.2) is 26.4 Å². The van der Waals surface area contributed by atoms with Crippen LogP contribution in [0.5, 0.6) is 5.75 Å². The zero-order valence-corrected chi connectivity index (χ0v) is 12.6. The third-order valence-electron chi connectivity index (χ3n) is 2.07. The second-order valence-electron chi connectivity index (χ2n) is 3.17. The minimum atomic E-state index is -0.646. The van der Waals surface area contributed by atoms with E-state index in [4.69, 9.17) is 5.73 Å². The largest absolute Gasteiger partial charge is 0.506 e. The molecule has 0 unspecified atom stereocenters. The maximum Gasteiger partial charge on any atom is 0.271 e. The molecule has 2 rings (SSSR count). The smallest absolute Gasteiger partial charge is 0.271 e. The van der Waals surface area contributed by atoms with Crippen LogP contribution in [0.25, 0.3) is 11.3 Å². The van der Waals surface area contributed by atoms with E-state index in [1.807, 2.05) is 45.2 Å². The van der Waals surface area contributed by atoms with Crippen molar-refractivity contribution in [2.24, 2.45) is 5.73 Å². The molecule has 0 saturated heterocycles. The highest BCUT2D eigenvalue weighted by molar-refractivity contribution is 14.1. The van der Waals surface area contributed by atoms with E-state index < -0.39 is 5.91 Å². The van der Waals surface area contributed by atoms with Crippen LogP contribution in [0.3, 0.4) is 0 Å². The van der Waals surface area contributed by atoms with Gasteiger partial charge in [0, 0.05) is 5.56 Å². The highest BCUT2D eigenvalue weighted by Gasteiger charge is 2.17. The van der Waals surface area contributed by atoms with E-state index in [0.717, 1.165) is 0 Å². The van der Waals surface area contributed by atoms with Gasteiger partial charge in [0.1, 0.15) is 11.4 Å². The predicted octanol–water partition coefficient (Wildman–Crippen LogP) is 1.49. The van der Waals surface area contributed by atoms with Crippen LogP contribution in [0.2, 0.25) is 0 Å². The average Bonchev–Trinajstić information content (AvgIpc) is 2.74. The number of carbonyl (C=O) groups is 1. The predicted molar refractivity (Wildman–Crippen MR) is 77.4 cm³/mol. The lowest BCUT2D eigenvalue weighted by Crippen LogP contribution is -2.12. The molecule has 8 heteroatoms. The molecule has 1 amide bonds. The number of nitrogens with zero attached hydrogens (tertiary/aromatic N) is 2. The molecule has 4 N–H and O–H groups in total. The van der Waals surface area contributed by atoms with Crippen molar-refractivity contribution >= 4 is 51.1 Å². The van der Waals surface area contributed by atoms with Crippen LogP contribution in [0, 0.1) is 7.14 Å². The zero-order valence-electron chi connectivity index (χ0n) is 8.24. The first-order valence-electron chi connectivity index (χ1n) is 4.39. The van der Waals surface area contributed by atoms with Crippen molar-refractivity contribution < 1.29 is 9.90 Å². The van der Waals surface area contributed by atoms with E-state index in [9.17, 15) is 9.90 Å². The lowest BCUT2D eigenvalue weighted by Gasteiger charge is -2.04. The standard InChI is InChI=1S/C9H6I2N4O2/c10-4-1-3(2-5(11)8(4)16)6-7(9(12)17)14-15-13-6/h1-2,16H,(H2,12,17)(H,13,14,15). The van der Waals surface area contributed by atoms with Gasteiger partial charge < -0.3 is 10.8 Å². The highest BCUT2D eigenvalue weighted by atomic mass is 127. The first-order valence-corrected chi connectivity index (χ1v) is 6.55. The van der Waals surface area contributed by atoms with Gasteiger partial charge in [-0.25, -0.2) is 0 Å². The van der Waals surface area contributed by atoms with E-state index in [-0.39, 0.29) is 11.4 Å². The van der Waals surface area contributed by atoms with Crippen LogP contribution in [-0.2, 0) is 0 Å². The van der Waals surface area contributed by atoms with Gasteiger partial charge in [0.05, 0.1) is 7.14 Å². The quantitative estimate of drug-likeness (QED) is 0.596. The zero-order chi connectivity index (χ0) is 12.6. The number of aromatic hydroxyl groups is 1. The number of primary amides is 1. The maximum atomic E-state index is 11.1. The molecule has 0 atom stereocenters. The number of nitrogens with two attached hydrogens (primary N) is 1. The summed E-state index contributed by atoms with van der Waals surface area (Å²) in [5, 5.41) is 19.6. The molecule has 0 aliphatic heterocycles. The number of carbonyl (C=O) groups excluding carboxylic acids is 1. The fraction of sp³-hybridized carbons (Fsp3) is 0. The van der Waals surface area contributed by atoms with Crippen LogP contribution in [0.15, 0.2) is 12.1 Å². The van der Waals surface area contributed by atoms with Crippen molar-refractivity contribution in [2.45, 2.75) is 0 Å². The van der Waals surface area contributed by atoms with Gasteiger partial charge in [-0.1, -0.05) is 0 Å². The van der Waals surface area contributed by atoms with Crippen molar-refractivity contribution in [3.05, 3.63) is 25.0 Å². The lowest BCUT2D eigenvalue weighted by molar-refractivity contribution is 0.0996. The topological polar surface area (TPSA) is 105 Å². The summed E-state index contributed by atoms with van der Waals surface area (Å²) in [6.45, 7) is 0. The minimum Gasteiger partial charge on any atom is -0.506 e. The molecular weight excluding hydrogens is 450 g/mol. The minimum absolute atomic E-state index is 0.0855. The number of hydrogen-bond donors (Lipinski definition) is 3. The van der Waals surface area contributed by atoms with Crippen molar-refractivity contribution in [3.8, 4) is 17.0 Å². The molecule has 1 aromatic heterocycles. The van der Waals surface area contributed by atoms with Crippen LogP contribution in [0.4, 0.5) is 0 Å². The SMILES string of the molecule is NC(=O)c1n[nH]nc1-c1cc(I)c(O)c(I)c1. The number of H-pyrrole nitrogens is 1. The molecule has 88 valence electrons. The molecule has 2 aromatic rings. The molecule has 0 aliphatic rings. The van der Waals surface area contributed by atoms with E-state index in [1.165, 1.54) is 0 Å². The Bertz CT molecular complexity index is 573. The van der Waals surface area contributed by atoms with Crippen molar-refractivity contribution in [1.29, 1.82) is 0 Å². The Balaban J connectivity index is 2.61. The molecular formula is C9H6I2N4O2. The van der Waals surface area contributed by atoms with Crippen LogP contribution in [0.1, 0.15) is 10.5 Å². The summed E-state index contributed by atoms with van der Waals surface area (Å²) in [7, 11) is 0. The number of amides is 1. The van der Waals surface area contributed by atoms with Crippen molar-refractivity contribution in [1.82, 2.24) is 15.4 Å². The van der Waals surface area contributed by atoms with Gasteiger partial charge >= 0.3 is 0 Å². The molecule has 0 radical (unpaired) electrons. The Hall–Kier alpha value is -0.910. The second-order valence-corrected chi connectivity index (χ2v) is 5.50. The molecule has 1 aromatic carbocycles. The van der Waals surface area contributed by atoms with Crippen molar-refractivity contribution in [3.63, 3.8) is 0 Å². The first-order chi connectivity index (χ1) is 8.00. The van der Waals surface area contributed by atoms with Crippen LogP contribution >= 0.6 is 45.2 Å². The summed E-state index contributed by atoms with van der Waals surface area (Å²) in [5.74, 6) is -0.439. The third-order valence-corrected chi connectivity index (χ3v) is 3.72. The van der Waals surface area contributed by atoms with E-state index >= 15 is 0 Å². The van der Waals surface area contributed by atoms with Gasteiger partial charge in [-0.15, -0.1) is 0 Å². The Morgan fingerprint density at radius 1 is 1.29 bits per heavy atom. The molecule has 0 spiro atoms. The molecule has 6 nitrogen and oxygen atoms in total. The third kappa shape index (κ3) is 2.36. The number of phenols is 1. The van der Waals surface area contributed by atoms with Gasteiger partial charge in [0.25, 0.3) is 5.91 Å². The van der Waals surface area contributed by atoms with E-state index in [2.05, 4.69) is 15.4 Å². The first kappa shape index (κ1) is 12.5. The fourth-order valence-electron chi connectivity index (χ4n) is 1.31. The van der Waals surface area contributed by atoms with E-state index in [1.54, 1.807) is 12.1 Å². The molecule has 1 heterocycles. The summed E-state index contributed by atoms with van der Waals surface area (Å²) in [5.41, 5.74) is 6.34. The number of rotatable bonds is 2. The summed E-state index contributed by atoms with van der Waals surface area (Å²) in [4.78, 5) is 11.1. The monoisotopic (exact) mass is 456 g/mol. The van der Waals surface area contributed by atoms with E-state index in [0.29, 0.717) is 18.4 Å². The Labute approximate surface area is 123 Å². The number of hydrogen-bond acceptors (Lipinski definition) is 4. The number of nitrogens with one attached hydrogen (secondary N) is 1. The van der Waals surface area contributed by atoms with Crippen LogP contribution < -0.4 is 5.73 Å². The summed E-state index contributed by atoms with van der Waals surface area (Å²) < 4.78 is 1.34. The molecule has 17 heavy (non-hydrogen) atoms. The maximum absolute atomic E-state index is 11.1. The number of benzene rings is 1. The number of halogens is 2. The summed E-state index contributed by atoms with van der Waals surface area (Å²) >= 11 is 4.00. The van der Waals surface area contributed by atoms with Gasteiger partial charge in [0.2, 0.25) is 0 Å². The Morgan fingerprint density at radius 2 is 1.88 bits per heavy atom. The number of aromatic amines is 1. The molecule has 0 saturated carbocycles.